The molecule has 1 saturated heterocycles. The van der Waals surface area contributed by atoms with Gasteiger partial charge in [-0.2, -0.15) is 0 Å². The molecule has 24 heavy (non-hydrogen) atoms. The third-order valence-electron chi connectivity index (χ3n) is 3.82. The molecule has 1 fully saturated rings. The van der Waals surface area contributed by atoms with Gasteiger partial charge in [-0.05, 0) is 6.92 Å². The Balaban J connectivity index is 1.55. The van der Waals surface area contributed by atoms with Gasteiger partial charge in [0.25, 0.3) is 0 Å². The zero-order chi connectivity index (χ0) is 17.1. The zero-order valence-corrected chi connectivity index (χ0v) is 13.2. The van der Waals surface area contributed by atoms with Crippen molar-refractivity contribution in [1.29, 1.82) is 0 Å². The number of rotatable bonds is 5. The van der Waals surface area contributed by atoms with Crippen molar-refractivity contribution in [2.75, 3.05) is 6.54 Å². The van der Waals surface area contributed by atoms with Crippen LogP contribution in [0, 0.1) is 6.92 Å². The van der Waals surface area contributed by atoms with E-state index in [0.717, 1.165) is 16.0 Å². The van der Waals surface area contributed by atoms with Gasteiger partial charge in [0.15, 0.2) is 5.76 Å². The second-order valence-corrected chi connectivity index (χ2v) is 5.70. The van der Waals surface area contributed by atoms with Crippen LogP contribution in [-0.2, 0) is 20.9 Å². The Morgan fingerprint density at radius 1 is 1.21 bits per heavy atom. The molecule has 0 bridgehead atoms. The van der Waals surface area contributed by atoms with Gasteiger partial charge >= 0.3 is 0 Å². The first-order valence-electron chi connectivity index (χ1n) is 7.65. The Hall–Kier alpha value is -2.96. The lowest BCUT2D eigenvalue weighted by Crippen LogP contribution is -2.39. The molecule has 0 radical (unpaired) electrons. The summed E-state index contributed by atoms with van der Waals surface area (Å²) in [6.07, 6.45) is 0.352. The molecule has 1 aromatic heterocycles. The summed E-state index contributed by atoms with van der Waals surface area (Å²) in [5, 5.41) is 6.54. The van der Waals surface area contributed by atoms with Crippen LogP contribution in [0.3, 0.4) is 0 Å². The maximum Gasteiger partial charge on any atom is 0.240 e. The van der Waals surface area contributed by atoms with E-state index in [9.17, 15) is 14.4 Å². The number of nitrogens with one attached hydrogen (secondary N) is 1. The van der Waals surface area contributed by atoms with Crippen molar-refractivity contribution in [3.8, 4) is 11.3 Å². The molecule has 1 N–H and O–H groups in total. The van der Waals surface area contributed by atoms with Gasteiger partial charge in [-0.15, -0.1) is 0 Å². The summed E-state index contributed by atoms with van der Waals surface area (Å²) in [6.45, 7) is 1.92. The summed E-state index contributed by atoms with van der Waals surface area (Å²) in [7, 11) is 0. The van der Waals surface area contributed by atoms with Crippen LogP contribution >= 0.6 is 0 Å². The first-order valence-corrected chi connectivity index (χ1v) is 7.65. The molecule has 7 nitrogen and oxygen atoms in total. The zero-order valence-electron chi connectivity index (χ0n) is 13.2. The van der Waals surface area contributed by atoms with Gasteiger partial charge in [0.05, 0.1) is 6.54 Å². The Bertz CT molecular complexity index is 763. The van der Waals surface area contributed by atoms with Gasteiger partial charge in [0.2, 0.25) is 17.7 Å². The van der Waals surface area contributed by atoms with Crippen molar-refractivity contribution < 1.29 is 18.9 Å². The fraction of sp³-hybridized carbons (Fsp3) is 0.294. The smallest absolute Gasteiger partial charge is 0.240 e. The van der Waals surface area contributed by atoms with Crippen molar-refractivity contribution in [3.63, 3.8) is 0 Å². The Morgan fingerprint density at radius 2 is 1.88 bits per heavy atom. The minimum atomic E-state index is -0.404. The van der Waals surface area contributed by atoms with Crippen LogP contribution in [0.4, 0.5) is 0 Å². The molecule has 124 valence electrons. The van der Waals surface area contributed by atoms with E-state index < -0.39 is 5.91 Å². The van der Waals surface area contributed by atoms with E-state index in [0.29, 0.717) is 11.5 Å². The molecular formula is C17H17N3O4. The van der Waals surface area contributed by atoms with Crippen LogP contribution < -0.4 is 5.32 Å². The summed E-state index contributed by atoms with van der Waals surface area (Å²) in [5.41, 5.74) is 2.62. The number of aromatic nitrogens is 1. The van der Waals surface area contributed by atoms with E-state index in [4.69, 9.17) is 4.52 Å². The van der Waals surface area contributed by atoms with E-state index >= 15 is 0 Å². The van der Waals surface area contributed by atoms with E-state index in [-0.39, 0.29) is 37.7 Å². The lowest BCUT2D eigenvalue weighted by molar-refractivity contribution is -0.142. The van der Waals surface area contributed by atoms with E-state index in [2.05, 4.69) is 10.5 Å². The maximum atomic E-state index is 11.9. The Kier molecular flexibility index (Phi) is 4.41. The van der Waals surface area contributed by atoms with Crippen LogP contribution in [0.25, 0.3) is 11.3 Å². The number of imide groups is 1. The number of carbonyl (C=O) groups is 3. The lowest BCUT2D eigenvalue weighted by Gasteiger charge is -2.12. The van der Waals surface area contributed by atoms with Gasteiger partial charge in [-0.1, -0.05) is 35.0 Å². The van der Waals surface area contributed by atoms with Crippen LogP contribution in [0.2, 0.25) is 0 Å². The molecule has 3 rings (SSSR count). The fourth-order valence-corrected chi connectivity index (χ4v) is 2.44. The van der Waals surface area contributed by atoms with E-state index in [1.54, 1.807) is 6.07 Å². The molecule has 1 aliphatic heterocycles. The summed E-state index contributed by atoms with van der Waals surface area (Å²) < 4.78 is 5.27. The van der Waals surface area contributed by atoms with Crippen LogP contribution in [0.5, 0.6) is 0 Å². The first-order chi connectivity index (χ1) is 11.5. The van der Waals surface area contributed by atoms with Crippen molar-refractivity contribution >= 4 is 17.7 Å². The number of likely N-dealkylation sites (tertiary alicyclic amines) is 1. The van der Waals surface area contributed by atoms with Gasteiger partial charge in [0, 0.05) is 24.5 Å². The molecule has 1 aliphatic rings. The minimum absolute atomic E-state index is 0.171. The van der Waals surface area contributed by atoms with Crippen LogP contribution in [0.1, 0.15) is 24.1 Å². The Morgan fingerprint density at radius 3 is 2.54 bits per heavy atom. The number of hydrogen-bond donors (Lipinski definition) is 1. The highest BCUT2D eigenvalue weighted by Gasteiger charge is 2.30. The summed E-state index contributed by atoms with van der Waals surface area (Å²) in [4.78, 5) is 35.8. The van der Waals surface area contributed by atoms with Crippen LogP contribution in [-0.4, -0.2) is 34.3 Å². The third-order valence-corrected chi connectivity index (χ3v) is 3.82. The average molecular weight is 327 g/mol. The van der Waals surface area contributed by atoms with E-state index in [1.165, 1.54) is 0 Å². The quantitative estimate of drug-likeness (QED) is 0.838. The molecule has 0 spiro atoms. The highest BCUT2D eigenvalue weighted by atomic mass is 16.5. The van der Waals surface area contributed by atoms with Crippen molar-refractivity contribution in [2.24, 2.45) is 0 Å². The molecule has 0 saturated carbocycles. The number of aryl methyl sites for hydroxylation is 1. The maximum absolute atomic E-state index is 11.9. The number of carbonyl (C=O) groups excluding carboxylic acids is 3. The summed E-state index contributed by atoms with van der Waals surface area (Å²) >= 11 is 0. The third kappa shape index (κ3) is 3.51. The summed E-state index contributed by atoms with van der Waals surface area (Å²) in [6, 6.07) is 9.56. The number of benzene rings is 1. The Labute approximate surface area is 138 Å². The van der Waals surface area contributed by atoms with Gasteiger partial charge in [0.1, 0.15) is 12.2 Å². The second kappa shape index (κ2) is 6.66. The van der Waals surface area contributed by atoms with E-state index in [1.807, 2.05) is 31.2 Å². The molecule has 2 heterocycles. The van der Waals surface area contributed by atoms with Crippen LogP contribution in [0.15, 0.2) is 34.9 Å². The predicted octanol–water partition coefficient (Wildman–Crippen LogP) is 1.42. The molecule has 7 heteroatoms. The van der Waals surface area contributed by atoms with Crippen molar-refractivity contribution in [1.82, 2.24) is 15.4 Å². The van der Waals surface area contributed by atoms with Gasteiger partial charge in [-0.25, -0.2) is 0 Å². The molecule has 1 aromatic carbocycles. The SMILES string of the molecule is Cc1ccc(-c2cc(CNC(=O)CN3C(=O)CCC3=O)no2)cc1. The lowest BCUT2D eigenvalue weighted by atomic mass is 10.1. The second-order valence-electron chi connectivity index (χ2n) is 5.70. The highest BCUT2D eigenvalue weighted by Crippen LogP contribution is 2.20. The number of nitrogens with zero attached hydrogens (tertiary/aromatic N) is 2. The standard InChI is InChI=1S/C17H17N3O4/c1-11-2-4-12(5-3-11)14-8-13(19-24-14)9-18-15(21)10-20-16(22)6-7-17(20)23/h2-5,8H,6-7,9-10H2,1H3,(H,18,21). The van der Waals surface area contributed by atoms with Crippen molar-refractivity contribution in [3.05, 3.63) is 41.6 Å². The molecule has 3 amide bonds. The van der Waals surface area contributed by atoms with Gasteiger partial charge in [-0.3, -0.25) is 19.3 Å². The predicted molar refractivity (Wildman–Crippen MR) is 84.5 cm³/mol. The van der Waals surface area contributed by atoms with Gasteiger partial charge < -0.3 is 9.84 Å². The summed E-state index contributed by atoms with van der Waals surface area (Å²) in [5.74, 6) is -0.404. The molecule has 0 atom stereocenters. The molecule has 2 aromatic rings. The molecular weight excluding hydrogens is 310 g/mol. The molecule has 0 unspecified atom stereocenters. The largest absolute Gasteiger partial charge is 0.356 e. The normalized spacial score (nSPS) is 14.3. The minimum Gasteiger partial charge on any atom is -0.356 e. The first kappa shape index (κ1) is 15.9. The average Bonchev–Trinajstić information content (AvgIpc) is 3.16. The number of amides is 3. The molecule has 0 aliphatic carbocycles. The fourth-order valence-electron chi connectivity index (χ4n) is 2.44. The number of hydrogen-bond acceptors (Lipinski definition) is 5. The topological polar surface area (TPSA) is 92.5 Å². The highest BCUT2D eigenvalue weighted by molar-refractivity contribution is 6.04. The van der Waals surface area contributed by atoms with Crippen molar-refractivity contribution in [2.45, 2.75) is 26.3 Å². The monoisotopic (exact) mass is 327 g/mol.